The fraction of sp³-hybridized carbons (Fsp3) is 0.400. The van der Waals surface area contributed by atoms with Gasteiger partial charge in [0.1, 0.15) is 0 Å². The first kappa shape index (κ1) is 32.9. The minimum absolute atomic E-state index is 0.0210. The van der Waals surface area contributed by atoms with Crippen molar-refractivity contribution in [2.45, 2.75) is 129 Å². The van der Waals surface area contributed by atoms with Gasteiger partial charge in [-0.3, -0.25) is 0 Å². The number of para-hydroxylation sites is 1. The van der Waals surface area contributed by atoms with E-state index in [0.717, 1.165) is 0 Å². The third-order valence-electron chi connectivity index (χ3n) is 16.3. The monoisotopic (exact) mass is 707 g/mol. The molecule has 6 aliphatic rings. The highest BCUT2D eigenvalue weighted by Gasteiger charge is 2.63. The van der Waals surface area contributed by atoms with Crippen LogP contribution >= 0.6 is 0 Å². The van der Waals surface area contributed by atoms with Gasteiger partial charge in [-0.2, -0.15) is 0 Å². The Morgan fingerprint density at radius 3 is 1.93 bits per heavy atom. The molecule has 0 bridgehead atoms. The fourth-order valence-corrected chi connectivity index (χ4v) is 13.3. The van der Waals surface area contributed by atoms with Crippen LogP contribution in [-0.2, 0) is 10.8 Å². The number of nitrogens with zero attached hydrogens (tertiary/aromatic N) is 3. The van der Waals surface area contributed by atoms with Crippen molar-refractivity contribution in [2.24, 2.45) is 0 Å². The highest BCUT2D eigenvalue weighted by Crippen LogP contribution is 2.65. The van der Waals surface area contributed by atoms with Gasteiger partial charge in [-0.1, -0.05) is 105 Å². The van der Waals surface area contributed by atoms with Crippen molar-refractivity contribution in [1.82, 2.24) is 0 Å². The van der Waals surface area contributed by atoms with Gasteiger partial charge in [0.2, 0.25) is 0 Å². The molecule has 2 saturated carbocycles. The molecule has 4 heterocycles. The Hall–Kier alpha value is -4.44. The molecular weight excluding hydrogens is 653 g/mol. The van der Waals surface area contributed by atoms with E-state index in [4.69, 9.17) is 0 Å². The summed E-state index contributed by atoms with van der Waals surface area (Å²) in [5.74, 6) is 0. The number of aryl methyl sites for hydroxylation is 4. The van der Waals surface area contributed by atoms with Gasteiger partial charge in [0.15, 0.2) is 0 Å². The van der Waals surface area contributed by atoms with Crippen molar-refractivity contribution >= 4 is 62.9 Å². The Balaban J connectivity index is 1.29. The van der Waals surface area contributed by atoms with Crippen LogP contribution < -0.4 is 31.1 Å². The van der Waals surface area contributed by atoms with E-state index >= 15 is 0 Å². The number of fused-ring (bicyclic) bond motifs is 10. The predicted octanol–water partition coefficient (Wildman–Crippen LogP) is 11.0. The van der Waals surface area contributed by atoms with Gasteiger partial charge in [-0.05, 0) is 137 Å². The lowest BCUT2D eigenvalue weighted by Gasteiger charge is -2.54. The van der Waals surface area contributed by atoms with Gasteiger partial charge in [0.25, 0.3) is 6.71 Å². The first-order chi connectivity index (χ1) is 25.9. The van der Waals surface area contributed by atoms with Crippen LogP contribution in [0.2, 0.25) is 0 Å². The van der Waals surface area contributed by atoms with E-state index in [-0.39, 0.29) is 28.6 Å². The topological polar surface area (TPSA) is 9.72 Å². The van der Waals surface area contributed by atoms with Crippen LogP contribution in [0, 0.1) is 27.7 Å². The smallest absolute Gasteiger partial charge is 0.252 e. The molecule has 272 valence electrons. The molecule has 0 spiro atoms. The van der Waals surface area contributed by atoms with Crippen LogP contribution in [0.4, 0.5) is 39.8 Å². The summed E-state index contributed by atoms with van der Waals surface area (Å²) >= 11 is 0. The average Bonchev–Trinajstić information content (AvgIpc) is 3.50. The summed E-state index contributed by atoms with van der Waals surface area (Å²) in [4.78, 5) is 8.39. The second kappa shape index (κ2) is 10.7. The van der Waals surface area contributed by atoms with Crippen LogP contribution in [0.5, 0.6) is 0 Å². The SMILES string of the molecule is Cc1ccc(N2c3ccc(C)cc3B3c4c2cc(N2c5ccccc5C5(C)CCCCC25C)cc4N2c4c3c(C)cc(C)c4C3(C)CCCCC23C)cc1. The van der Waals surface area contributed by atoms with Crippen molar-refractivity contribution in [3.8, 4) is 0 Å². The molecule has 4 atom stereocenters. The first-order valence-electron chi connectivity index (χ1n) is 20.9. The standard InChI is InChI=1S/C50H54BN3/c1-31-17-20-35(21-18-31)52-40-22-19-32(2)27-38(40)51-44-34(4)28-33(3)43-46(44)54(50(8)26-14-12-24-48(43,50)6)42-30-36(29-41(52)45(42)51)53-39-16-10-9-15-37(39)47(5)23-11-13-25-49(47,53)7/h9-10,15-22,27-30H,11-14,23-26H2,1-8H3. The third kappa shape index (κ3) is 3.76. The molecule has 3 nitrogen and oxygen atoms in total. The molecular formula is C50H54BN3. The van der Waals surface area contributed by atoms with Gasteiger partial charge in [0.05, 0.1) is 11.1 Å². The maximum Gasteiger partial charge on any atom is 0.252 e. The highest BCUT2D eigenvalue weighted by atomic mass is 15.3. The van der Waals surface area contributed by atoms with E-state index in [1.54, 1.807) is 11.0 Å². The zero-order valence-electron chi connectivity index (χ0n) is 33.7. The molecule has 0 aromatic heterocycles. The van der Waals surface area contributed by atoms with Crippen LogP contribution in [0.3, 0.4) is 0 Å². The van der Waals surface area contributed by atoms with E-state index < -0.39 is 0 Å². The van der Waals surface area contributed by atoms with Gasteiger partial charge in [-0.25, -0.2) is 0 Å². The van der Waals surface area contributed by atoms with Crippen LogP contribution in [0.15, 0.2) is 84.9 Å². The number of hydrogen-bond donors (Lipinski definition) is 0. The first-order valence-corrected chi connectivity index (χ1v) is 20.9. The molecule has 2 aliphatic carbocycles. The quantitative estimate of drug-likeness (QED) is 0.166. The summed E-state index contributed by atoms with van der Waals surface area (Å²) < 4.78 is 0. The Labute approximate surface area is 323 Å². The van der Waals surface area contributed by atoms with Crippen molar-refractivity contribution in [3.05, 3.63) is 118 Å². The summed E-state index contributed by atoms with van der Waals surface area (Å²) in [5.41, 5.74) is 22.9. The minimum Gasteiger partial charge on any atom is -0.335 e. The molecule has 5 aromatic carbocycles. The number of benzene rings is 5. The normalized spacial score (nSPS) is 28.3. The maximum atomic E-state index is 2.94. The predicted molar refractivity (Wildman–Crippen MR) is 230 cm³/mol. The summed E-state index contributed by atoms with van der Waals surface area (Å²) in [6.07, 6.45) is 10.0. The number of anilines is 7. The van der Waals surface area contributed by atoms with Crippen LogP contribution in [0.1, 0.15) is 112 Å². The fourth-order valence-electron chi connectivity index (χ4n) is 13.3. The zero-order valence-corrected chi connectivity index (χ0v) is 33.7. The number of rotatable bonds is 2. The minimum atomic E-state index is -0.0218. The average molecular weight is 708 g/mol. The Kier molecular flexibility index (Phi) is 6.50. The van der Waals surface area contributed by atoms with Gasteiger partial charge in [0, 0.05) is 50.6 Å². The highest BCUT2D eigenvalue weighted by molar-refractivity contribution is 7.00. The van der Waals surface area contributed by atoms with E-state index in [9.17, 15) is 0 Å². The van der Waals surface area contributed by atoms with Crippen molar-refractivity contribution < 1.29 is 0 Å². The maximum absolute atomic E-state index is 2.94. The lowest BCUT2D eigenvalue weighted by atomic mass is 9.32. The molecule has 4 unspecified atom stereocenters. The van der Waals surface area contributed by atoms with E-state index in [1.807, 2.05) is 0 Å². The molecule has 5 aromatic rings. The van der Waals surface area contributed by atoms with Crippen LogP contribution in [0.25, 0.3) is 0 Å². The van der Waals surface area contributed by atoms with Gasteiger partial charge < -0.3 is 14.7 Å². The van der Waals surface area contributed by atoms with E-state index in [0.29, 0.717) is 0 Å². The largest absolute Gasteiger partial charge is 0.335 e. The number of hydrogen-bond acceptors (Lipinski definition) is 3. The molecule has 4 aliphatic heterocycles. The van der Waals surface area contributed by atoms with Crippen LogP contribution in [-0.4, -0.2) is 17.8 Å². The second-order valence-electron chi connectivity index (χ2n) is 19.0. The summed E-state index contributed by atoms with van der Waals surface area (Å²) in [6.45, 7) is 19.9. The van der Waals surface area contributed by atoms with Gasteiger partial charge >= 0.3 is 0 Å². The molecule has 54 heavy (non-hydrogen) atoms. The Morgan fingerprint density at radius 2 is 1.17 bits per heavy atom. The second-order valence-corrected chi connectivity index (χ2v) is 19.0. The molecule has 0 amide bonds. The lowest BCUT2D eigenvalue weighted by molar-refractivity contribution is 0.193. The van der Waals surface area contributed by atoms with Crippen molar-refractivity contribution in [3.63, 3.8) is 0 Å². The van der Waals surface area contributed by atoms with E-state index in [1.165, 1.54) is 130 Å². The molecule has 4 heteroatoms. The molecule has 0 saturated heterocycles. The lowest BCUT2D eigenvalue weighted by Crippen LogP contribution is -2.65. The Bertz CT molecular complexity index is 2450. The molecule has 11 rings (SSSR count). The zero-order chi connectivity index (χ0) is 37.1. The van der Waals surface area contributed by atoms with Gasteiger partial charge in [-0.15, -0.1) is 0 Å². The third-order valence-corrected chi connectivity index (χ3v) is 16.3. The molecule has 0 N–H and O–H groups in total. The summed E-state index contributed by atoms with van der Waals surface area (Å²) in [6, 6.07) is 33.8. The molecule has 0 radical (unpaired) electrons. The summed E-state index contributed by atoms with van der Waals surface area (Å²) in [5, 5.41) is 0. The Morgan fingerprint density at radius 1 is 0.519 bits per heavy atom. The van der Waals surface area contributed by atoms with E-state index in [2.05, 4.69) is 155 Å². The van der Waals surface area contributed by atoms with Crippen molar-refractivity contribution in [1.29, 1.82) is 0 Å². The van der Waals surface area contributed by atoms with Crippen molar-refractivity contribution in [2.75, 3.05) is 14.7 Å². The molecule has 2 fully saturated rings. The summed E-state index contributed by atoms with van der Waals surface area (Å²) in [7, 11) is 0.